The summed E-state index contributed by atoms with van der Waals surface area (Å²) in [5.74, 6) is -0.546. The van der Waals surface area contributed by atoms with Crippen molar-refractivity contribution in [2.24, 2.45) is 7.05 Å². The van der Waals surface area contributed by atoms with Gasteiger partial charge in [0, 0.05) is 23.3 Å². The van der Waals surface area contributed by atoms with Crippen molar-refractivity contribution < 1.29 is 12.8 Å². The Balaban J connectivity index is 1.87. The van der Waals surface area contributed by atoms with Crippen LogP contribution in [0.4, 0.5) is 5.69 Å². The highest BCUT2D eigenvalue weighted by atomic mass is 79.9. The standard InChI is InChI=1S/C14H12BrN3O4S/c1-18-12-7-6-11(8-13(12)22-14(18)19)23(20,21)17-16-10-4-2-9(15)3-5-10/h2-8,16-17H,1H3. The maximum atomic E-state index is 12.3. The van der Waals surface area contributed by atoms with Crippen molar-refractivity contribution in [3.8, 4) is 0 Å². The summed E-state index contributed by atoms with van der Waals surface area (Å²) in [6, 6.07) is 11.2. The SMILES string of the molecule is Cn1c(=O)oc2cc(S(=O)(=O)NNc3ccc(Br)cc3)ccc21. The minimum absolute atomic E-state index is 0.0102. The Hall–Kier alpha value is -2.10. The van der Waals surface area contributed by atoms with Crippen LogP contribution in [0.1, 0.15) is 0 Å². The van der Waals surface area contributed by atoms with Gasteiger partial charge in [0.15, 0.2) is 5.58 Å². The molecule has 0 aliphatic carbocycles. The van der Waals surface area contributed by atoms with Gasteiger partial charge in [0.1, 0.15) is 0 Å². The number of hydrogen-bond donors (Lipinski definition) is 2. The van der Waals surface area contributed by atoms with E-state index in [1.165, 1.54) is 22.8 Å². The third-order valence-corrected chi connectivity index (χ3v) is 5.02. The van der Waals surface area contributed by atoms with Crippen LogP contribution in [0.2, 0.25) is 0 Å². The third-order valence-electron chi connectivity index (χ3n) is 3.25. The molecule has 9 heteroatoms. The maximum Gasteiger partial charge on any atom is 0.419 e. The lowest BCUT2D eigenvalue weighted by Crippen LogP contribution is -2.29. The molecular weight excluding hydrogens is 386 g/mol. The molecule has 0 saturated heterocycles. The van der Waals surface area contributed by atoms with Crippen LogP contribution in [0, 0.1) is 0 Å². The molecule has 1 heterocycles. The first-order chi connectivity index (χ1) is 10.9. The molecular formula is C14H12BrN3O4S. The molecule has 0 radical (unpaired) electrons. The molecule has 2 aromatic carbocycles. The number of nitrogens with one attached hydrogen (secondary N) is 2. The summed E-state index contributed by atoms with van der Waals surface area (Å²) >= 11 is 3.30. The fourth-order valence-corrected chi connectivity index (χ4v) is 3.14. The zero-order chi connectivity index (χ0) is 16.6. The van der Waals surface area contributed by atoms with Crippen LogP contribution >= 0.6 is 15.9 Å². The van der Waals surface area contributed by atoms with Gasteiger partial charge < -0.3 is 9.84 Å². The molecule has 0 aliphatic rings. The molecule has 0 fully saturated rings. The first-order valence-electron chi connectivity index (χ1n) is 6.50. The molecule has 120 valence electrons. The highest BCUT2D eigenvalue weighted by Crippen LogP contribution is 2.18. The first-order valence-corrected chi connectivity index (χ1v) is 8.77. The van der Waals surface area contributed by atoms with Crippen molar-refractivity contribution in [2.75, 3.05) is 5.43 Å². The summed E-state index contributed by atoms with van der Waals surface area (Å²) in [5.41, 5.74) is 3.94. The fraction of sp³-hybridized carbons (Fsp3) is 0.0714. The molecule has 3 aromatic rings. The lowest BCUT2D eigenvalue weighted by Gasteiger charge is -2.09. The van der Waals surface area contributed by atoms with Gasteiger partial charge in [-0.1, -0.05) is 15.9 Å². The van der Waals surface area contributed by atoms with Gasteiger partial charge in [-0.15, -0.1) is 4.83 Å². The van der Waals surface area contributed by atoms with Crippen molar-refractivity contribution in [1.29, 1.82) is 0 Å². The topological polar surface area (TPSA) is 93.3 Å². The Bertz CT molecular complexity index is 1020. The average Bonchev–Trinajstić information content (AvgIpc) is 2.81. The minimum Gasteiger partial charge on any atom is -0.408 e. The Morgan fingerprint density at radius 1 is 1.13 bits per heavy atom. The van der Waals surface area contributed by atoms with Crippen molar-refractivity contribution in [2.45, 2.75) is 4.90 Å². The van der Waals surface area contributed by atoms with Gasteiger partial charge in [0.25, 0.3) is 10.0 Å². The molecule has 3 rings (SSSR count). The second kappa shape index (κ2) is 5.84. The van der Waals surface area contributed by atoms with E-state index in [0.29, 0.717) is 11.2 Å². The zero-order valence-electron chi connectivity index (χ0n) is 11.9. The van der Waals surface area contributed by atoms with E-state index in [1.54, 1.807) is 31.3 Å². The van der Waals surface area contributed by atoms with Crippen LogP contribution in [-0.4, -0.2) is 13.0 Å². The number of sulfonamides is 1. The first kappa shape index (κ1) is 15.8. The molecule has 7 nitrogen and oxygen atoms in total. The van der Waals surface area contributed by atoms with Crippen LogP contribution in [0.15, 0.2) is 61.0 Å². The number of halogens is 1. The number of fused-ring (bicyclic) bond motifs is 1. The van der Waals surface area contributed by atoms with Gasteiger partial charge in [-0.25, -0.2) is 13.2 Å². The highest BCUT2D eigenvalue weighted by molar-refractivity contribution is 9.10. The van der Waals surface area contributed by atoms with E-state index in [1.807, 2.05) is 0 Å². The van der Waals surface area contributed by atoms with Gasteiger partial charge in [0.05, 0.1) is 10.4 Å². The predicted octanol–water partition coefficient (Wildman–Crippen LogP) is 2.20. The fourth-order valence-electron chi connectivity index (χ4n) is 2.00. The number of aryl methyl sites for hydroxylation is 1. The summed E-state index contributed by atoms with van der Waals surface area (Å²) in [6.45, 7) is 0. The number of anilines is 1. The van der Waals surface area contributed by atoms with Gasteiger partial charge >= 0.3 is 5.76 Å². The van der Waals surface area contributed by atoms with E-state index >= 15 is 0 Å². The molecule has 1 aromatic heterocycles. The van der Waals surface area contributed by atoms with Crippen molar-refractivity contribution >= 4 is 42.7 Å². The van der Waals surface area contributed by atoms with Crippen LogP contribution < -0.4 is 16.0 Å². The number of hydrogen-bond acceptors (Lipinski definition) is 5. The smallest absolute Gasteiger partial charge is 0.408 e. The van der Waals surface area contributed by atoms with E-state index in [4.69, 9.17) is 4.42 Å². The Morgan fingerprint density at radius 3 is 2.52 bits per heavy atom. The number of hydrazine groups is 1. The second-order valence-electron chi connectivity index (χ2n) is 4.79. The van der Waals surface area contributed by atoms with E-state index in [2.05, 4.69) is 26.2 Å². The highest BCUT2D eigenvalue weighted by Gasteiger charge is 2.16. The molecule has 0 unspecified atom stereocenters. The lowest BCUT2D eigenvalue weighted by molar-refractivity contribution is 0.527. The quantitative estimate of drug-likeness (QED) is 0.658. The molecule has 0 amide bonds. The largest absolute Gasteiger partial charge is 0.419 e. The van der Waals surface area contributed by atoms with Gasteiger partial charge in [-0.3, -0.25) is 4.57 Å². The molecule has 0 spiro atoms. The second-order valence-corrected chi connectivity index (χ2v) is 7.39. The van der Waals surface area contributed by atoms with Crippen molar-refractivity contribution in [3.05, 3.63) is 57.5 Å². The Kier molecular flexibility index (Phi) is 4.00. The van der Waals surface area contributed by atoms with E-state index in [9.17, 15) is 13.2 Å². The Morgan fingerprint density at radius 2 is 1.83 bits per heavy atom. The average molecular weight is 398 g/mol. The monoisotopic (exact) mass is 397 g/mol. The molecule has 2 N–H and O–H groups in total. The molecule has 0 atom stereocenters. The van der Waals surface area contributed by atoms with E-state index < -0.39 is 15.8 Å². The van der Waals surface area contributed by atoms with E-state index in [0.717, 1.165) is 4.47 Å². The number of aromatic nitrogens is 1. The summed E-state index contributed by atoms with van der Waals surface area (Å²) in [4.78, 5) is 13.7. The van der Waals surface area contributed by atoms with Crippen molar-refractivity contribution in [3.63, 3.8) is 0 Å². The number of benzene rings is 2. The number of nitrogens with zero attached hydrogens (tertiary/aromatic N) is 1. The van der Waals surface area contributed by atoms with E-state index in [-0.39, 0.29) is 10.5 Å². The zero-order valence-corrected chi connectivity index (χ0v) is 14.3. The van der Waals surface area contributed by atoms with Crippen LogP contribution in [-0.2, 0) is 17.1 Å². The summed E-state index contributed by atoms with van der Waals surface area (Å²) in [7, 11) is -2.26. The van der Waals surface area contributed by atoms with Crippen molar-refractivity contribution in [1.82, 2.24) is 9.40 Å². The summed E-state index contributed by atoms with van der Waals surface area (Å²) in [5, 5.41) is 0. The Labute approximate surface area is 140 Å². The molecule has 23 heavy (non-hydrogen) atoms. The maximum absolute atomic E-state index is 12.3. The minimum atomic E-state index is -3.81. The number of oxazole rings is 1. The normalized spacial score (nSPS) is 11.7. The molecule has 0 bridgehead atoms. The predicted molar refractivity (Wildman–Crippen MR) is 89.5 cm³/mol. The third kappa shape index (κ3) is 3.16. The van der Waals surface area contributed by atoms with Crippen LogP contribution in [0.25, 0.3) is 11.1 Å². The summed E-state index contributed by atoms with van der Waals surface area (Å²) < 4.78 is 31.8. The number of rotatable bonds is 4. The molecule has 0 aliphatic heterocycles. The van der Waals surface area contributed by atoms with Gasteiger partial charge in [-0.05, 0) is 36.4 Å². The van der Waals surface area contributed by atoms with Gasteiger partial charge in [0.2, 0.25) is 0 Å². The van der Waals surface area contributed by atoms with Crippen LogP contribution in [0.5, 0.6) is 0 Å². The van der Waals surface area contributed by atoms with Crippen LogP contribution in [0.3, 0.4) is 0 Å². The summed E-state index contributed by atoms with van der Waals surface area (Å²) in [6.07, 6.45) is 0. The molecule has 0 saturated carbocycles. The lowest BCUT2D eigenvalue weighted by atomic mass is 10.3. The van der Waals surface area contributed by atoms with Gasteiger partial charge in [-0.2, -0.15) is 0 Å².